The Labute approximate surface area is 149 Å². The van der Waals surface area contributed by atoms with E-state index in [2.05, 4.69) is 26.2 Å². The van der Waals surface area contributed by atoms with Gasteiger partial charge in [-0.25, -0.2) is 4.98 Å². The third-order valence-corrected chi connectivity index (χ3v) is 4.37. The second-order valence-electron chi connectivity index (χ2n) is 5.75. The Morgan fingerprint density at radius 1 is 1.25 bits per heavy atom. The summed E-state index contributed by atoms with van der Waals surface area (Å²) in [5, 5.41) is 12.4. The van der Waals surface area contributed by atoms with E-state index in [9.17, 15) is 10.1 Å². The van der Waals surface area contributed by atoms with Gasteiger partial charge in [-0.3, -0.25) is 4.79 Å². The van der Waals surface area contributed by atoms with Gasteiger partial charge in [0.05, 0.1) is 11.7 Å². The molecule has 0 saturated heterocycles. The van der Waals surface area contributed by atoms with Gasteiger partial charge in [0.15, 0.2) is 0 Å². The lowest BCUT2D eigenvalue weighted by atomic mass is 10.0. The third kappa shape index (κ3) is 4.09. The van der Waals surface area contributed by atoms with E-state index in [1.54, 1.807) is 12.1 Å². The number of aromatic nitrogens is 1. The first kappa shape index (κ1) is 16.4. The Morgan fingerprint density at radius 3 is 2.62 bits per heavy atom. The summed E-state index contributed by atoms with van der Waals surface area (Å²) in [7, 11) is 0. The zero-order valence-electron chi connectivity index (χ0n) is 12.9. The predicted octanol–water partition coefficient (Wildman–Crippen LogP) is 4.02. The normalized spacial score (nSPS) is 15.4. The second-order valence-corrected chi connectivity index (χ2v) is 6.57. The maximum absolute atomic E-state index is 12.5. The number of nitrogens with one attached hydrogen (secondary N) is 1. The summed E-state index contributed by atoms with van der Waals surface area (Å²) in [5.41, 5.74) is 1.70. The Kier molecular flexibility index (Phi) is 5.07. The Balaban J connectivity index is 1.80. The van der Waals surface area contributed by atoms with Crippen LogP contribution in [0.15, 0.2) is 58.7 Å². The fourth-order valence-corrected chi connectivity index (χ4v) is 2.94. The lowest BCUT2D eigenvalue weighted by molar-refractivity contribution is -0.117. The van der Waals surface area contributed by atoms with E-state index >= 15 is 0 Å². The predicted molar refractivity (Wildman–Crippen MR) is 95.6 cm³/mol. The van der Waals surface area contributed by atoms with E-state index in [1.165, 1.54) is 6.08 Å². The first-order valence-corrected chi connectivity index (χ1v) is 8.57. The molecule has 24 heavy (non-hydrogen) atoms. The molecule has 2 aromatic rings. The van der Waals surface area contributed by atoms with Crippen LogP contribution in [0.4, 0.5) is 0 Å². The molecular formula is C19H16BrN3O. The molecule has 1 fully saturated rings. The molecule has 1 N–H and O–H groups in total. The largest absolute Gasteiger partial charge is 0.344 e. The van der Waals surface area contributed by atoms with Crippen molar-refractivity contribution >= 4 is 27.9 Å². The molecule has 1 aliphatic carbocycles. The van der Waals surface area contributed by atoms with Crippen LogP contribution >= 0.6 is 15.9 Å². The Bertz CT molecular complexity index is 807. The first-order valence-electron chi connectivity index (χ1n) is 7.77. The lowest BCUT2D eigenvalue weighted by Crippen LogP contribution is -2.30. The maximum atomic E-state index is 12.5. The Morgan fingerprint density at radius 2 is 2.00 bits per heavy atom. The van der Waals surface area contributed by atoms with Gasteiger partial charge in [-0.1, -0.05) is 36.4 Å². The maximum Gasteiger partial charge on any atom is 0.262 e. The number of nitriles is 1. The number of carbonyl (C=O) groups is 1. The van der Waals surface area contributed by atoms with Crippen molar-refractivity contribution in [2.75, 3.05) is 0 Å². The molecule has 1 amide bonds. The molecule has 1 heterocycles. The molecule has 5 heteroatoms. The number of hydrogen-bond donors (Lipinski definition) is 1. The van der Waals surface area contributed by atoms with Crippen LogP contribution < -0.4 is 5.32 Å². The van der Waals surface area contributed by atoms with Crippen LogP contribution in [-0.2, 0) is 4.79 Å². The van der Waals surface area contributed by atoms with Crippen LogP contribution in [0.2, 0.25) is 0 Å². The molecule has 0 unspecified atom stereocenters. The number of hydrogen-bond acceptors (Lipinski definition) is 3. The number of amides is 1. The van der Waals surface area contributed by atoms with E-state index in [4.69, 9.17) is 0 Å². The van der Waals surface area contributed by atoms with Crippen LogP contribution in [0.5, 0.6) is 0 Å². The summed E-state index contributed by atoms with van der Waals surface area (Å²) < 4.78 is 0.661. The molecule has 1 aromatic heterocycles. The van der Waals surface area contributed by atoms with Gasteiger partial charge in [-0.15, -0.1) is 0 Å². The summed E-state index contributed by atoms with van der Waals surface area (Å²) in [5.74, 6) is 0.0836. The third-order valence-electron chi connectivity index (χ3n) is 3.93. The molecule has 0 spiro atoms. The molecule has 1 aromatic carbocycles. The number of nitrogens with zero attached hydrogens (tertiary/aromatic N) is 2. The van der Waals surface area contributed by atoms with Crippen LogP contribution in [0, 0.1) is 17.2 Å². The fraction of sp³-hybridized carbons (Fsp3) is 0.211. The minimum absolute atomic E-state index is 0.0501. The van der Waals surface area contributed by atoms with Crippen LogP contribution in [0.3, 0.4) is 0 Å². The molecule has 0 radical (unpaired) electrons. The van der Waals surface area contributed by atoms with Gasteiger partial charge in [0, 0.05) is 0 Å². The Hall–Kier alpha value is -2.45. The fourth-order valence-electron chi connectivity index (χ4n) is 2.58. The SMILES string of the molecule is N#C/C(=C\c1cccc(Br)n1)C(=O)N[C@@H](c1ccccc1)C1CC1. The summed E-state index contributed by atoms with van der Waals surface area (Å²) in [6.07, 6.45) is 3.70. The highest BCUT2D eigenvalue weighted by Gasteiger charge is 2.33. The van der Waals surface area contributed by atoms with Crippen LogP contribution in [0.25, 0.3) is 6.08 Å². The number of rotatable bonds is 5. The molecule has 4 nitrogen and oxygen atoms in total. The van der Waals surface area contributed by atoms with Crippen molar-refractivity contribution in [1.29, 1.82) is 5.26 Å². The van der Waals surface area contributed by atoms with Gasteiger partial charge in [-0.05, 0) is 58.5 Å². The molecule has 120 valence electrons. The topological polar surface area (TPSA) is 65.8 Å². The van der Waals surface area contributed by atoms with Crippen molar-refractivity contribution in [3.8, 4) is 6.07 Å². The van der Waals surface area contributed by atoms with E-state index in [-0.39, 0.29) is 17.5 Å². The molecule has 0 bridgehead atoms. The number of halogens is 1. The van der Waals surface area contributed by atoms with Gasteiger partial charge in [-0.2, -0.15) is 5.26 Å². The first-order chi connectivity index (χ1) is 11.7. The van der Waals surface area contributed by atoms with Crippen molar-refractivity contribution in [3.05, 3.63) is 70.0 Å². The molecular weight excluding hydrogens is 366 g/mol. The minimum Gasteiger partial charge on any atom is -0.344 e. The monoisotopic (exact) mass is 381 g/mol. The highest BCUT2D eigenvalue weighted by Crippen LogP contribution is 2.41. The van der Waals surface area contributed by atoms with Gasteiger partial charge in [0.1, 0.15) is 16.2 Å². The van der Waals surface area contributed by atoms with Crippen molar-refractivity contribution in [1.82, 2.24) is 10.3 Å². The van der Waals surface area contributed by atoms with Crippen molar-refractivity contribution in [2.45, 2.75) is 18.9 Å². The van der Waals surface area contributed by atoms with E-state index in [0.717, 1.165) is 18.4 Å². The molecule has 1 saturated carbocycles. The van der Waals surface area contributed by atoms with Crippen LogP contribution in [0.1, 0.15) is 30.1 Å². The van der Waals surface area contributed by atoms with Gasteiger partial charge >= 0.3 is 0 Å². The summed E-state index contributed by atoms with van der Waals surface area (Å²) in [6.45, 7) is 0. The second kappa shape index (κ2) is 7.41. The van der Waals surface area contributed by atoms with Crippen LogP contribution in [-0.4, -0.2) is 10.9 Å². The average molecular weight is 382 g/mol. The van der Waals surface area contributed by atoms with Crippen molar-refractivity contribution in [3.63, 3.8) is 0 Å². The summed E-state index contributed by atoms with van der Waals surface area (Å²) in [6, 6.07) is 17.2. The quantitative estimate of drug-likeness (QED) is 0.483. The zero-order valence-corrected chi connectivity index (χ0v) is 14.5. The number of carbonyl (C=O) groups excluding carboxylic acids is 1. The standard InChI is InChI=1S/C19H16BrN3O/c20-17-8-4-7-16(22-17)11-15(12-21)19(24)23-18(14-9-10-14)13-5-2-1-3-6-13/h1-8,11,14,18H,9-10H2,(H,23,24)/b15-11+/t18-/m0/s1. The lowest BCUT2D eigenvalue weighted by Gasteiger charge is -2.18. The molecule has 0 aliphatic heterocycles. The highest BCUT2D eigenvalue weighted by molar-refractivity contribution is 9.10. The van der Waals surface area contributed by atoms with E-state index < -0.39 is 0 Å². The highest BCUT2D eigenvalue weighted by atomic mass is 79.9. The van der Waals surface area contributed by atoms with E-state index in [1.807, 2.05) is 42.5 Å². The van der Waals surface area contributed by atoms with E-state index in [0.29, 0.717) is 16.2 Å². The molecule has 3 rings (SSSR count). The van der Waals surface area contributed by atoms with Gasteiger partial charge in [0.2, 0.25) is 0 Å². The zero-order chi connectivity index (χ0) is 16.9. The average Bonchev–Trinajstić information content (AvgIpc) is 3.43. The van der Waals surface area contributed by atoms with Gasteiger partial charge < -0.3 is 5.32 Å². The van der Waals surface area contributed by atoms with Crippen molar-refractivity contribution in [2.24, 2.45) is 5.92 Å². The summed E-state index contributed by atoms with van der Waals surface area (Å²) >= 11 is 3.29. The number of pyridine rings is 1. The summed E-state index contributed by atoms with van der Waals surface area (Å²) in [4.78, 5) is 16.8. The molecule has 1 aliphatic rings. The minimum atomic E-state index is -0.361. The smallest absolute Gasteiger partial charge is 0.262 e. The number of benzene rings is 1. The van der Waals surface area contributed by atoms with Gasteiger partial charge in [0.25, 0.3) is 5.91 Å². The molecule has 1 atom stereocenters. The van der Waals surface area contributed by atoms with Crippen molar-refractivity contribution < 1.29 is 4.79 Å².